The van der Waals surface area contributed by atoms with Crippen molar-refractivity contribution in [3.8, 4) is 17.2 Å². The van der Waals surface area contributed by atoms with Gasteiger partial charge in [0.25, 0.3) is 0 Å². The fourth-order valence-corrected chi connectivity index (χ4v) is 1.93. The summed E-state index contributed by atoms with van der Waals surface area (Å²) in [5.74, 6) is 2.10. The van der Waals surface area contributed by atoms with Crippen LogP contribution in [0.15, 0.2) is 42.5 Å². The number of methoxy groups -OCH3 is 1. The van der Waals surface area contributed by atoms with Gasteiger partial charge in [0, 0.05) is 11.6 Å². The maximum atomic E-state index is 5.81. The van der Waals surface area contributed by atoms with E-state index in [1.807, 2.05) is 30.3 Å². The number of ether oxygens (including phenoxy) is 3. The molecule has 2 N–H and O–H groups in total. The Hall–Kier alpha value is -1.91. The molecule has 0 aliphatic heterocycles. The smallest absolute Gasteiger partial charge is 0.161 e. The van der Waals surface area contributed by atoms with Gasteiger partial charge in [-0.15, -0.1) is 0 Å². The van der Waals surface area contributed by atoms with E-state index in [1.165, 1.54) is 0 Å². The summed E-state index contributed by atoms with van der Waals surface area (Å²) in [5.41, 5.74) is 6.59. The van der Waals surface area contributed by atoms with Crippen LogP contribution in [0.25, 0.3) is 0 Å². The van der Waals surface area contributed by atoms with Crippen LogP contribution < -0.4 is 19.9 Å². The van der Waals surface area contributed by atoms with Gasteiger partial charge in [-0.05, 0) is 42.0 Å². The normalized spacial score (nSPS) is 10.2. The molecule has 0 aliphatic rings. The lowest BCUT2D eigenvalue weighted by molar-refractivity contribution is 0.211. The van der Waals surface area contributed by atoms with E-state index in [-0.39, 0.29) is 0 Å². The molecular formula is C16H18ClNO3. The molecule has 2 aromatic carbocycles. The van der Waals surface area contributed by atoms with E-state index in [0.29, 0.717) is 36.3 Å². The van der Waals surface area contributed by atoms with E-state index < -0.39 is 0 Å². The van der Waals surface area contributed by atoms with Crippen molar-refractivity contribution in [1.29, 1.82) is 0 Å². The zero-order valence-electron chi connectivity index (χ0n) is 11.8. The van der Waals surface area contributed by atoms with Crippen molar-refractivity contribution < 1.29 is 14.2 Å². The van der Waals surface area contributed by atoms with E-state index in [4.69, 9.17) is 31.5 Å². The molecule has 0 saturated heterocycles. The second-order valence-corrected chi connectivity index (χ2v) is 4.78. The van der Waals surface area contributed by atoms with E-state index in [1.54, 1.807) is 19.2 Å². The highest BCUT2D eigenvalue weighted by Gasteiger charge is 2.05. The first-order valence-electron chi connectivity index (χ1n) is 6.61. The minimum Gasteiger partial charge on any atom is -0.493 e. The summed E-state index contributed by atoms with van der Waals surface area (Å²) >= 11 is 5.81. The minimum absolute atomic E-state index is 0.418. The van der Waals surface area contributed by atoms with E-state index in [9.17, 15) is 0 Å². The zero-order chi connectivity index (χ0) is 15.1. The first-order chi connectivity index (χ1) is 10.2. The fourth-order valence-electron chi connectivity index (χ4n) is 1.80. The van der Waals surface area contributed by atoms with Crippen molar-refractivity contribution in [3.63, 3.8) is 0 Å². The number of hydrogen-bond donors (Lipinski definition) is 1. The molecular weight excluding hydrogens is 290 g/mol. The molecule has 0 heterocycles. The largest absolute Gasteiger partial charge is 0.493 e. The molecule has 0 saturated carbocycles. The van der Waals surface area contributed by atoms with Crippen LogP contribution in [0.1, 0.15) is 5.56 Å². The van der Waals surface area contributed by atoms with Crippen LogP contribution >= 0.6 is 11.6 Å². The molecule has 0 spiro atoms. The number of benzene rings is 2. The van der Waals surface area contributed by atoms with Gasteiger partial charge in [-0.1, -0.05) is 17.7 Å². The van der Waals surface area contributed by atoms with Crippen LogP contribution in [-0.4, -0.2) is 20.3 Å². The summed E-state index contributed by atoms with van der Waals surface area (Å²) in [4.78, 5) is 0. The Morgan fingerprint density at radius 3 is 2.33 bits per heavy atom. The molecule has 0 radical (unpaired) electrons. The standard InChI is InChI=1S/C16H18ClNO3/c1-19-16-10-12(11-18)2-7-15(16)21-9-8-20-14-5-3-13(17)4-6-14/h2-7,10H,8-9,11,18H2,1H3. The quantitative estimate of drug-likeness (QED) is 0.798. The molecule has 0 bridgehead atoms. The van der Waals surface area contributed by atoms with E-state index in [0.717, 1.165) is 11.3 Å². The lowest BCUT2D eigenvalue weighted by Crippen LogP contribution is -2.09. The summed E-state index contributed by atoms with van der Waals surface area (Å²) < 4.78 is 16.5. The third kappa shape index (κ3) is 4.55. The highest BCUT2D eigenvalue weighted by Crippen LogP contribution is 2.27. The Balaban J connectivity index is 1.84. The van der Waals surface area contributed by atoms with Crippen LogP contribution in [0.2, 0.25) is 5.02 Å². The van der Waals surface area contributed by atoms with Crippen molar-refractivity contribution in [1.82, 2.24) is 0 Å². The molecule has 112 valence electrons. The first-order valence-corrected chi connectivity index (χ1v) is 6.99. The molecule has 0 aliphatic carbocycles. The summed E-state index contributed by atoms with van der Waals surface area (Å²) in [6, 6.07) is 12.8. The van der Waals surface area contributed by atoms with Gasteiger partial charge in [-0.25, -0.2) is 0 Å². The Morgan fingerprint density at radius 1 is 0.952 bits per heavy atom. The van der Waals surface area contributed by atoms with Crippen LogP contribution in [0.3, 0.4) is 0 Å². The van der Waals surface area contributed by atoms with Gasteiger partial charge in [0.05, 0.1) is 7.11 Å². The monoisotopic (exact) mass is 307 g/mol. The molecule has 0 unspecified atom stereocenters. The predicted octanol–water partition coefficient (Wildman–Crippen LogP) is 3.27. The Labute approximate surface area is 129 Å². The van der Waals surface area contributed by atoms with Gasteiger partial charge in [0.1, 0.15) is 19.0 Å². The molecule has 0 atom stereocenters. The number of nitrogens with two attached hydrogens (primary N) is 1. The van der Waals surface area contributed by atoms with Crippen molar-refractivity contribution in [2.75, 3.05) is 20.3 Å². The van der Waals surface area contributed by atoms with Gasteiger partial charge in [0.2, 0.25) is 0 Å². The lowest BCUT2D eigenvalue weighted by Gasteiger charge is -2.12. The molecule has 2 aromatic rings. The average molecular weight is 308 g/mol. The molecule has 4 nitrogen and oxygen atoms in total. The third-order valence-corrected chi connectivity index (χ3v) is 3.14. The molecule has 5 heteroatoms. The van der Waals surface area contributed by atoms with Gasteiger partial charge in [-0.2, -0.15) is 0 Å². The van der Waals surface area contributed by atoms with Crippen LogP contribution in [-0.2, 0) is 6.54 Å². The van der Waals surface area contributed by atoms with Gasteiger partial charge in [0.15, 0.2) is 11.5 Å². The van der Waals surface area contributed by atoms with Gasteiger partial charge >= 0.3 is 0 Å². The zero-order valence-corrected chi connectivity index (χ0v) is 12.6. The van der Waals surface area contributed by atoms with Crippen molar-refractivity contribution >= 4 is 11.6 Å². The lowest BCUT2D eigenvalue weighted by atomic mass is 10.2. The Kier molecular flexibility index (Phi) is 5.72. The second-order valence-electron chi connectivity index (χ2n) is 4.34. The van der Waals surface area contributed by atoms with E-state index in [2.05, 4.69) is 0 Å². The second kappa shape index (κ2) is 7.76. The van der Waals surface area contributed by atoms with Crippen LogP contribution in [0.5, 0.6) is 17.2 Å². The minimum atomic E-state index is 0.418. The van der Waals surface area contributed by atoms with Crippen molar-refractivity contribution in [2.45, 2.75) is 6.54 Å². The molecule has 0 fully saturated rings. The highest BCUT2D eigenvalue weighted by molar-refractivity contribution is 6.30. The summed E-state index contributed by atoms with van der Waals surface area (Å²) in [5, 5.41) is 0.684. The van der Waals surface area contributed by atoms with Gasteiger partial charge < -0.3 is 19.9 Å². The van der Waals surface area contributed by atoms with Gasteiger partial charge in [-0.3, -0.25) is 0 Å². The predicted molar refractivity (Wildman–Crippen MR) is 83.3 cm³/mol. The summed E-state index contributed by atoms with van der Waals surface area (Å²) in [7, 11) is 1.60. The molecule has 21 heavy (non-hydrogen) atoms. The summed E-state index contributed by atoms with van der Waals surface area (Å²) in [6.45, 7) is 1.32. The SMILES string of the molecule is COc1cc(CN)ccc1OCCOc1ccc(Cl)cc1. The highest BCUT2D eigenvalue weighted by atomic mass is 35.5. The van der Waals surface area contributed by atoms with E-state index >= 15 is 0 Å². The third-order valence-electron chi connectivity index (χ3n) is 2.89. The van der Waals surface area contributed by atoms with Crippen LogP contribution in [0, 0.1) is 0 Å². The van der Waals surface area contributed by atoms with Crippen LogP contribution in [0.4, 0.5) is 0 Å². The fraction of sp³-hybridized carbons (Fsp3) is 0.250. The molecule has 0 amide bonds. The molecule has 0 aromatic heterocycles. The Morgan fingerprint density at radius 2 is 1.67 bits per heavy atom. The average Bonchev–Trinajstić information content (AvgIpc) is 2.53. The number of hydrogen-bond acceptors (Lipinski definition) is 4. The topological polar surface area (TPSA) is 53.7 Å². The molecule has 2 rings (SSSR count). The Bertz CT molecular complexity index is 572. The maximum absolute atomic E-state index is 5.81. The number of halogens is 1. The van der Waals surface area contributed by atoms with Crippen molar-refractivity contribution in [3.05, 3.63) is 53.1 Å². The first kappa shape index (κ1) is 15.5. The summed E-state index contributed by atoms with van der Waals surface area (Å²) in [6.07, 6.45) is 0. The maximum Gasteiger partial charge on any atom is 0.161 e. The van der Waals surface area contributed by atoms with Crippen molar-refractivity contribution in [2.24, 2.45) is 5.73 Å². The number of rotatable bonds is 7.